The molecule has 103 valence electrons. The molecule has 0 aromatic heterocycles. The minimum atomic E-state index is 0.403. The largest absolute Gasteiger partial charge is 0.257 e. The summed E-state index contributed by atoms with van der Waals surface area (Å²) >= 11 is 0. The number of piperidine rings is 1. The second-order valence-electron chi connectivity index (χ2n) is 7.10. The van der Waals surface area contributed by atoms with Gasteiger partial charge in [0, 0.05) is 25.2 Å². The van der Waals surface area contributed by atoms with E-state index in [1.165, 1.54) is 51.4 Å². The van der Waals surface area contributed by atoms with Crippen molar-refractivity contribution in [2.24, 2.45) is 11.3 Å². The van der Waals surface area contributed by atoms with Crippen LogP contribution in [0.4, 0.5) is 0 Å². The summed E-state index contributed by atoms with van der Waals surface area (Å²) in [5, 5.41) is 4.52. The molecule has 1 aliphatic carbocycles. The number of nitrogens with zero attached hydrogens (tertiary/aromatic N) is 1. The van der Waals surface area contributed by atoms with Crippen LogP contribution in [0.15, 0.2) is 0 Å². The number of hydrogen-bond donors (Lipinski definition) is 2. The van der Waals surface area contributed by atoms with Gasteiger partial charge in [0.2, 0.25) is 0 Å². The van der Waals surface area contributed by atoms with E-state index in [0.717, 1.165) is 25.6 Å². The fourth-order valence-electron chi connectivity index (χ4n) is 4.58. The van der Waals surface area contributed by atoms with Crippen molar-refractivity contribution >= 4 is 0 Å². The third-order valence-electron chi connectivity index (χ3n) is 5.66. The molecule has 2 heterocycles. The van der Waals surface area contributed by atoms with Crippen molar-refractivity contribution in [3.63, 3.8) is 0 Å². The van der Waals surface area contributed by atoms with E-state index in [2.05, 4.69) is 23.1 Å². The zero-order valence-corrected chi connectivity index (χ0v) is 11.8. The SMILES string of the molecule is CC1(C2CC[N]CC2)CNNC2(CCCCC2)C1. The molecule has 0 aromatic rings. The third-order valence-corrected chi connectivity index (χ3v) is 5.66. The van der Waals surface area contributed by atoms with Gasteiger partial charge in [-0.3, -0.25) is 10.9 Å². The second kappa shape index (κ2) is 5.10. The Balaban J connectivity index is 1.71. The summed E-state index contributed by atoms with van der Waals surface area (Å²) < 4.78 is 0. The zero-order chi connectivity index (χ0) is 12.5. The molecule has 2 saturated heterocycles. The third kappa shape index (κ3) is 2.45. The molecule has 0 aromatic carbocycles. The van der Waals surface area contributed by atoms with Gasteiger partial charge in [-0.15, -0.1) is 0 Å². The molecular weight excluding hydrogens is 222 g/mol. The Morgan fingerprint density at radius 1 is 1.06 bits per heavy atom. The monoisotopic (exact) mass is 250 g/mol. The minimum absolute atomic E-state index is 0.403. The van der Waals surface area contributed by atoms with Gasteiger partial charge in [-0.05, 0) is 43.4 Å². The summed E-state index contributed by atoms with van der Waals surface area (Å²) in [6, 6.07) is 0. The van der Waals surface area contributed by atoms with E-state index in [0.29, 0.717) is 11.0 Å². The molecule has 1 radical (unpaired) electrons. The lowest BCUT2D eigenvalue weighted by molar-refractivity contribution is 0.0131. The van der Waals surface area contributed by atoms with Crippen LogP contribution in [0.3, 0.4) is 0 Å². The molecule has 0 amide bonds. The standard InChI is InChI=1S/C15H28N3/c1-14(13-5-9-16-10-6-13)11-15(18-17-12-14)7-3-2-4-8-15/h13,17-18H,2-12H2,1H3. The van der Waals surface area contributed by atoms with Gasteiger partial charge in [-0.2, -0.15) is 0 Å². The molecule has 1 spiro atoms. The summed E-state index contributed by atoms with van der Waals surface area (Å²) in [6.45, 7) is 5.86. The van der Waals surface area contributed by atoms with Gasteiger partial charge in [0.1, 0.15) is 0 Å². The Morgan fingerprint density at radius 3 is 2.50 bits per heavy atom. The molecule has 3 nitrogen and oxygen atoms in total. The number of hydrogen-bond acceptors (Lipinski definition) is 2. The van der Waals surface area contributed by atoms with E-state index in [4.69, 9.17) is 0 Å². The summed E-state index contributed by atoms with van der Waals surface area (Å²) in [6.07, 6.45) is 11.0. The highest BCUT2D eigenvalue weighted by atomic mass is 15.4. The Kier molecular flexibility index (Phi) is 3.65. The summed E-state index contributed by atoms with van der Waals surface area (Å²) in [5.74, 6) is 0.878. The Bertz CT molecular complexity index is 274. The van der Waals surface area contributed by atoms with Crippen LogP contribution in [0.5, 0.6) is 0 Å². The molecule has 1 saturated carbocycles. The molecule has 3 heteroatoms. The molecule has 2 N–H and O–H groups in total. The van der Waals surface area contributed by atoms with Crippen molar-refractivity contribution in [3.05, 3.63) is 0 Å². The molecule has 1 unspecified atom stereocenters. The first-order chi connectivity index (χ1) is 8.73. The van der Waals surface area contributed by atoms with Gasteiger partial charge in [0.05, 0.1) is 0 Å². The molecule has 3 rings (SSSR count). The van der Waals surface area contributed by atoms with Crippen molar-refractivity contribution in [1.29, 1.82) is 0 Å². The number of hydrazine groups is 1. The first-order valence-corrected chi connectivity index (χ1v) is 7.86. The molecule has 1 atom stereocenters. The van der Waals surface area contributed by atoms with E-state index >= 15 is 0 Å². The van der Waals surface area contributed by atoms with Crippen molar-refractivity contribution in [2.45, 2.75) is 63.8 Å². The van der Waals surface area contributed by atoms with E-state index in [9.17, 15) is 0 Å². The summed E-state index contributed by atoms with van der Waals surface area (Å²) in [5.41, 5.74) is 8.10. The Morgan fingerprint density at radius 2 is 1.78 bits per heavy atom. The first kappa shape index (κ1) is 12.9. The van der Waals surface area contributed by atoms with Gasteiger partial charge in [0.25, 0.3) is 0 Å². The van der Waals surface area contributed by atoms with Crippen molar-refractivity contribution in [3.8, 4) is 0 Å². The summed E-state index contributed by atoms with van der Waals surface area (Å²) in [4.78, 5) is 0. The average molecular weight is 250 g/mol. The lowest BCUT2D eigenvalue weighted by Crippen LogP contribution is -2.64. The van der Waals surface area contributed by atoms with Crippen molar-refractivity contribution < 1.29 is 0 Å². The molecule has 18 heavy (non-hydrogen) atoms. The number of nitrogens with one attached hydrogen (secondary N) is 2. The highest BCUT2D eigenvalue weighted by Gasteiger charge is 2.46. The highest BCUT2D eigenvalue weighted by Crippen LogP contribution is 2.46. The van der Waals surface area contributed by atoms with E-state index < -0.39 is 0 Å². The van der Waals surface area contributed by atoms with E-state index in [-0.39, 0.29) is 0 Å². The molecule has 3 aliphatic rings. The van der Waals surface area contributed by atoms with E-state index in [1.54, 1.807) is 0 Å². The normalized spacial score (nSPS) is 37.8. The topological polar surface area (TPSA) is 38.2 Å². The lowest BCUT2D eigenvalue weighted by Gasteiger charge is -2.53. The highest BCUT2D eigenvalue weighted by molar-refractivity contribution is 5.01. The van der Waals surface area contributed by atoms with Crippen LogP contribution in [0.25, 0.3) is 0 Å². The molecular formula is C15H28N3. The van der Waals surface area contributed by atoms with Crippen LogP contribution >= 0.6 is 0 Å². The maximum atomic E-state index is 4.52. The molecule has 3 fully saturated rings. The number of rotatable bonds is 1. The van der Waals surface area contributed by atoms with Crippen LogP contribution < -0.4 is 16.2 Å². The van der Waals surface area contributed by atoms with Crippen LogP contribution in [-0.4, -0.2) is 25.2 Å². The fraction of sp³-hybridized carbons (Fsp3) is 1.00. The van der Waals surface area contributed by atoms with Gasteiger partial charge >= 0.3 is 0 Å². The lowest BCUT2D eigenvalue weighted by atomic mass is 9.62. The first-order valence-electron chi connectivity index (χ1n) is 7.86. The second-order valence-corrected chi connectivity index (χ2v) is 7.10. The minimum Gasteiger partial charge on any atom is -0.257 e. The van der Waals surface area contributed by atoms with Gasteiger partial charge in [-0.1, -0.05) is 26.2 Å². The fourth-order valence-corrected chi connectivity index (χ4v) is 4.58. The van der Waals surface area contributed by atoms with Crippen molar-refractivity contribution in [2.75, 3.05) is 19.6 Å². The van der Waals surface area contributed by atoms with Gasteiger partial charge < -0.3 is 0 Å². The maximum absolute atomic E-state index is 4.52. The smallest absolute Gasteiger partial charge is 0.0329 e. The average Bonchev–Trinajstić information content (AvgIpc) is 2.40. The van der Waals surface area contributed by atoms with Crippen LogP contribution in [0.2, 0.25) is 0 Å². The van der Waals surface area contributed by atoms with Gasteiger partial charge in [-0.25, -0.2) is 5.32 Å². The van der Waals surface area contributed by atoms with Crippen LogP contribution in [0, 0.1) is 11.3 Å². The van der Waals surface area contributed by atoms with Crippen molar-refractivity contribution in [1.82, 2.24) is 16.2 Å². The predicted octanol–water partition coefficient (Wildman–Crippen LogP) is 2.21. The quantitative estimate of drug-likeness (QED) is 0.749. The maximum Gasteiger partial charge on any atom is 0.0329 e. The van der Waals surface area contributed by atoms with Crippen LogP contribution in [0.1, 0.15) is 58.3 Å². The zero-order valence-electron chi connectivity index (χ0n) is 11.8. The Hall–Kier alpha value is -0.120. The van der Waals surface area contributed by atoms with Gasteiger partial charge in [0.15, 0.2) is 0 Å². The molecule has 2 aliphatic heterocycles. The predicted molar refractivity (Wildman–Crippen MR) is 74.3 cm³/mol. The van der Waals surface area contributed by atoms with Crippen LogP contribution in [-0.2, 0) is 0 Å². The summed E-state index contributed by atoms with van der Waals surface area (Å²) in [7, 11) is 0. The molecule has 0 bridgehead atoms. The van der Waals surface area contributed by atoms with E-state index in [1.807, 2.05) is 0 Å². The Labute approximate surface area is 111 Å².